The van der Waals surface area contributed by atoms with Crippen LogP contribution in [0.5, 0.6) is 11.5 Å². The molecule has 4 rings (SSSR count). The van der Waals surface area contributed by atoms with Gasteiger partial charge in [-0.25, -0.2) is 0 Å². The lowest BCUT2D eigenvalue weighted by molar-refractivity contribution is -0.131. The summed E-state index contributed by atoms with van der Waals surface area (Å²) in [6.45, 7) is 9.12. The van der Waals surface area contributed by atoms with Gasteiger partial charge in [0.2, 0.25) is 11.8 Å². The predicted octanol–water partition coefficient (Wildman–Crippen LogP) is 5.26. The van der Waals surface area contributed by atoms with E-state index in [1.165, 1.54) is 0 Å². The van der Waals surface area contributed by atoms with Crippen molar-refractivity contribution in [1.82, 2.24) is 4.90 Å². The van der Waals surface area contributed by atoms with Crippen molar-refractivity contribution in [2.24, 2.45) is 0 Å². The summed E-state index contributed by atoms with van der Waals surface area (Å²) in [7, 11) is 1.63. The molecule has 0 radical (unpaired) electrons. The Morgan fingerprint density at radius 3 is 2.36 bits per heavy atom. The molecule has 0 atom stereocenters. The third-order valence-corrected chi connectivity index (χ3v) is 6.78. The highest BCUT2D eigenvalue weighted by molar-refractivity contribution is 5.93. The summed E-state index contributed by atoms with van der Waals surface area (Å²) in [4.78, 5) is 29.6. The highest BCUT2D eigenvalue weighted by Gasteiger charge is 2.33. The summed E-state index contributed by atoms with van der Waals surface area (Å²) in [6, 6.07) is 21.6. The third-order valence-electron chi connectivity index (χ3n) is 6.78. The van der Waals surface area contributed by atoms with Crippen molar-refractivity contribution in [2.45, 2.75) is 46.2 Å². The molecule has 0 saturated heterocycles. The fourth-order valence-corrected chi connectivity index (χ4v) is 4.74. The molecule has 2 amide bonds. The van der Waals surface area contributed by atoms with Crippen LogP contribution in [0.4, 0.5) is 5.69 Å². The van der Waals surface area contributed by atoms with E-state index >= 15 is 0 Å². The second kappa shape index (κ2) is 10.4. The van der Waals surface area contributed by atoms with Crippen LogP contribution in [0.1, 0.15) is 43.0 Å². The summed E-state index contributed by atoms with van der Waals surface area (Å²) in [5.74, 6) is 1.56. The molecule has 36 heavy (non-hydrogen) atoms. The summed E-state index contributed by atoms with van der Waals surface area (Å²) in [5, 5.41) is 0. The standard InChI is InChI=1S/C30H34N2O4/c1-21-6-11-26(12-7-21)32(22(2)33)30(3,4)25-10-15-28-24(19-25)20-31(16-17-36-28)29(34)18-23-8-13-27(35-5)14-9-23/h6-15,19H,16-18,20H2,1-5H3. The molecule has 0 aromatic heterocycles. The number of fused-ring (bicyclic) bond motifs is 1. The first-order valence-electron chi connectivity index (χ1n) is 12.2. The topological polar surface area (TPSA) is 59.1 Å². The van der Waals surface area contributed by atoms with E-state index in [1.807, 2.05) is 91.2 Å². The molecule has 3 aromatic carbocycles. The molecule has 0 N–H and O–H groups in total. The van der Waals surface area contributed by atoms with Crippen molar-refractivity contribution < 1.29 is 19.1 Å². The molecule has 0 unspecified atom stereocenters. The maximum Gasteiger partial charge on any atom is 0.227 e. The zero-order chi connectivity index (χ0) is 25.9. The third kappa shape index (κ3) is 5.38. The lowest BCUT2D eigenvalue weighted by atomic mass is 9.89. The molecular formula is C30H34N2O4. The Balaban J connectivity index is 1.59. The van der Waals surface area contributed by atoms with Gasteiger partial charge in [0, 0.05) is 24.7 Å². The minimum atomic E-state index is -0.611. The SMILES string of the molecule is COc1ccc(CC(=O)N2CCOc3ccc(C(C)(C)N(C(C)=O)c4ccc(C)cc4)cc3C2)cc1. The minimum Gasteiger partial charge on any atom is -0.497 e. The molecule has 1 aliphatic rings. The average molecular weight is 487 g/mol. The van der Waals surface area contributed by atoms with E-state index in [9.17, 15) is 9.59 Å². The van der Waals surface area contributed by atoms with E-state index in [0.717, 1.165) is 39.4 Å². The normalized spacial score (nSPS) is 13.3. The van der Waals surface area contributed by atoms with Crippen LogP contribution in [-0.4, -0.2) is 37.0 Å². The lowest BCUT2D eigenvalue weighted by Crippen LogP contribution is -2.45. The van der Waals surface area contributed by atoms with Crippen LogP contribution in [-0.2, 0) is 28.1 Å². The lowest BCUT2D eigenvalue weighted by Gasteiger charge is -2.39. The van der Waals surface area contributed by atoms with Crippen molar-refractivity contribution in [3.63, 3.8) is 0 Å². The van der Waals surface area contributed by atoms with E-state index in [2.05, 4.69) is 6.07 Å². The number of amides is 2. The van der Waals surface area contributed by atoms with Gasteiger partial charge < -0.3 is 19.3 Å². The van der Waals surface area contributed by atoms with E-state index < -0.39 is 5.54 Å². The second-order valence-corrected chi connectivity index (χ2v) is 9.76. The molecule has 0 saturated carbocycles. The first-order valence-corrected chi connectivity index (χ1v) is 12.2. The smallest absolute Gasteiger partial charge is 0.227 e. The first kappa shape index (κ1) is 25.3. The summed E-state index contributed by atoms with van der Waals surface area (Å²) in [5.41, 5.74) is 4.23. The number of aryl methyl sites for hydroxylation is 1. The second-order valence-electron chi connectivity index (χ2n) is 9.76. The van der Waals surface area contributed by atoms with Gasteiger partial charge in [0.1, 0.15) is 18.1 Å². The van der Waals surface area contributed by atoms with E-state index in [1.54, 1.807) is 14.0 Å². The van der Waals surface area contributed by atoms with Gasteiger partial charge in [-0.15, -0.1) is 0 Å². The van der Waals surface area contributed by atoms with Crippen molar-refractivity contribution in [3.05, 3.63) is 89.0 Å². The van der Waals surface area contributed by atoms with E-state index in [-0.39, 0.29) is 11.8 Å². The van der Waals surface area contributed by atoms with Crippen molar-refractivity contribution in [1.29, 1.82) is 0 Å². The highest BCUT2D eigenvalue weighted by Crippen LogP contribution is 2.36. The molecule has 0 fully saturated rings. The van der Waals surface area contributed by atoms with Gasteiger partial charge in [0.15, 0.2) is 0 Å². The Morgan fingerprint density at radius 2 is 1.72 bits per heavy atom. The van der Waals surface area contributed by atoms with Gasteiger partial charge in [-0.1, -0.05) is 35.9 Å². The molecular weight excluding hydrogens is 452 g/mol. The van der Waals surface area contributed by atoms with Crippen LogP contribution in [0.15, 0.2) is 66.7 Å². The molecule has 0 bridgehead atoms. The summed E-state index contributed by atoms with van der Waals surface area (Å²) >= 11 is 0. The first-order chi connectivity index (χ1) is 17.2. The summed E-state index contributed by atoms with van der Waals surface area (Å²) in [6.07, 6.45) is 0.316. The Hall–Kier alpha value is -3.80. The van der Waals surface area contributed by atoms with Crippen molar-refractivity contribution in [2.75, 3.05) is 25.2 Å². The van der Waals surface area contributed by atoms with Gasteiger partial charge in [0.05, 0.1) is 25.6 Å². The van der Waals surface area contributed by atoms with Crippen LogP contribution in [0.2, 0.25) is 0 Å². The zero-order valence-corrected chi connectivity index (χ0v) is 21.7. The van der Waals surface area contributed by atoms with Crippen LogP contribution < -0.4 is 14.4 Å². The van der Waals surface area contributed by atoms with Gasteiger partial charge in [-0.05, 0) is 68.3 Å². The van der Waals surface area contributed by atoms with Gasteiger partial charge in [0.25, 0.3) is 0 Å². The molecule has 3 aromatic rings. The molecule has 0 aliphatic carbocycles. The number of rotatable bonds is 6. The van der Waals surface area contributed by atoms with Crippen molar-refractivity contribution in [3.8, 4) is 11.5 Å². The van der Waals surface area contributed by atoms with Gasteiger partial charge in [-0.2, -0.15) is 0 Å². The maximum absolute atomic E-state index is 13.2. The van der Waals surface area contributed by atoms with Gasteiger partial charge >= 0.3 is 0 Å². The number of benzene rings is 3. The van der Waals surface area contributed by atoms with E-state index in [0.29, 0.717) is 26.1 Å². The van der Waals surface area contributed by atoms with Crippen LogP contribution in [0.3, 0.4) is 0 Å². The zero-order valence-electron chi connectivity index (χ0n) is 21.7. The average Bonchev–Trinajstić information content (AvgIpc) is 3.07. The van der Waals surface area contributed by atoms with Crippen LogP contribution in [0, 0.1) is 6.92 Å². The largest absolute Gasteiger partial charge is 0.497 e. The quantitative estimate of drug-likeness (QED) is 0.477. The van der Waals surface area contributed by atoms with Crippen molar-refractivity contribution >= 4 is 17.5 Å². The number of carbonyl (C=O) groups is 2. The van der Waals surface area contributed by atoms with Gasteiger partial charge in [-0.3, -0.25) is 9.59 Å². The Bertz CT molecular complexity index is 1230. The van der Waals surface area contributed by atoms with E-state index in [4.69, 9.17) is 9.47 Å². The molecule has 188 valence electrons. The molecule has 1 heterocycles. The molecule has 0 spiro atoms. The fraction of sp³-hybridized carbons (Fsp3) is 0.333. The number of carbonyl (C=O) groups excluding carboxylic acids is 2. The number of anilines is 1. The fourth-order valence-electron chi connectivity index (χ4n) is 4.74. The Kier molecular flexibility index (Phi) is 7.34. The summed E-state index contributed by atoms with van der Waals surface area (Å²) < 4.78 is 11.2. The Morgan fingerprint density at radius 1 is 1.03 bits per heavy atom. The van der Waals surface area contributed by atoms with Crippen LogP contribution >= 0.6 is 0 Å². The number of ether oxygens (including phenoxy) is 2. The number of hydrogen-bond acceptors (Lipinski definition) is 4. The number of nitrogens with zero attached hydrogens (tertiary/aromatic N) is 2. The number of methoxy groups -OCH3 is 1. The molecule has 6 nitrogen and oxygen atoms in total. The highest BCUT2D eigenvalue weighted by atomic mass is 16.5. The molecule has 1 aliphatic heterocycles. The minimum absolute atomic E-state index is 0.0358. The number of hydrogen-bond donors (Lipinski definition) is 0. The van der Waals surface area contributed by atoms with Crippen LogP contribution in [0.25, 0.3) is 0 Å². The predicted molar refractivity (Wildman–Crippen MR) is 141 cm³/mol. The maximum atomic E-state index is 13.2. The monoisotopic (exact) mass is 486 g/mol. The molecule has 6 heteroatoms. The Labute approximate surface area is 213 Å².